The third-order valence-corrected chi connectivity index (χ3v) is 6.81. The Bertz CT molecular complexity index is 1340. The van der Waals surface area contributed by atoms with E-state index < -0.39 is 11.9 Å². The van der Waals surface area contributed by atoms with Crippen molar-refractivity contribution < 1.29 is 22.7 Å². The fourth-order valence-corrected chi connectivity index (χ4v) is 4.97. The summed E-state index contributed by atoms with van der Waals surface area (Å²) in [5, 5.41) is 0. The number of ether oxygens (including phenoxy) is 1. The number of carbonyl (C=O) groups excluding carboxylic acids is 1. The Morgan fingerprint density at radius 3 is 2.62 bits per heavy atom. The highest BCUT2D eigenvalue weighted by Crippen LogP contribution is 2.35. The summed E-state index contributed by atoms with van der Waals surface area (Å²) in [5.41, 5.74) is 4.79. The van der Waals surface area contributed by atoms with Crippen LogP contribution >= 0.6 is 0 Å². The zero-order chi connectivity index (χ0) is 26.3. The number of rotatable bonds is 6. The molecule has 37 heavy (non-hydrogen) atoms. The highest BCUT2D eigenvalue weighted by molar-refractivity contribution is 5.78. The van der Waals surface area contributed by atoms with Crippen molar-refractivity contribution in [3.05, 3.63) is 64.7 Å². The molecule has 1 amide bonds. The number of amides is 1. The van der Waals surface area contributed by atoms with Crippen LogP contribution < -0.4 is 9.64 Å². The van der Waals surface area contributed by atoms with Crippen molar-refractivity contribution in [2.45, 2.75) is 46.5 Å². The van der Waals surface area contributed by atoms with Crippen LogP contribution in [-0.2, 0) is 24.1 Å². The summed E-state index contributed by atoms with van der Waals surface area (Å²) in [6.07, 6.45) is -2.56. The van der Waals surface area contributed by atoms with Gasteiger partial charge in [-0.1, -0.05) is 0 Å². The van der Waals surface area contributed by atoms with E-state index in [4.69, 9.17) is 4.74 Å². The maximum absolute atomic E-state index is 13.4. The largest absolute Gasteiger partial charge is 0.478 e. The minimum absolute atomic E-state index is 0.0910. The zero-order valence-corrected chi connectivity index (χ0v) is 21.0. The van der Waals surface area contributed by atoms with Crippen molar-refractivity contribution in [2.75, 3.05) is 24.6 Å². The second-order valence-corrected chi connectivity index (χ2v) is 9.64. The van der Waals surface area contributed by atoms with Crippen LogP contribution in [0.5, 0.6) is 5.88 Å². The van der Waals surface area contributed by atoms with Crippen molar-refractivity contribution in [3.8, 4) is 17.1 Å². The zero-order valence-electron chi connectivity index (χ0n) is 21.0. The van der Waals surface area contributed by atoms with Gasteiger partial charge in [0, 0.05) is 61.2 Å². The second-order valence-electron chi connectivity index (χ2n) is 9.64. The van der Waals surface area contributed by atoms with Crippen LogP contribution in [0.25, 0.3) is 11.3 Å². The van der Waals surface area contributed by atoms with E-state index in [9.17, 15) is 18.0 Å². The van der Waals surface area contributed by atoms with Crippen LogP contribution in [0.3, 0.4) is 0 Å². The molecular formula is C27H28F3N5O2. The normalized spacial score (nSPS) is 15.5. The van der Waals surface area contributed by atoms with E-state index in [0.29, 0.717) is 38.3 Å². The first-order valence-corrected chi connectivity index (χ1v) is 12.3. The summed E-state index contributed by atoms with van der Waals surface area (Å²) in [6, 6.07) is 8.09. The molecule has 2 aliphatic heterocycles. The lowest BCUT2D eigenvalue weighted by atomic mass is 9.94. The summed E-state index contributed by atoms with van der Waals surface area (Å²) in [5.74, 6) is 0.243. The van der Waals surface area contributed by atoms with Crippen LogP contribution in [0.1, 0.15) is 41.6 Å². The third kappa shape index (κ3) is 5.23. The maximum Gasteiger partial charge on any atom is 0.433 e. The summed E-state index contributed by atoms with van der Waals surface area (Å²) < 4.78 is 45.4. The summed E-state index contributed by atoms with van der Waals surface area (Å²) in [4.78, 5) is 29.4. The van der Waals surface area contributed by atoms with Gasteiger partial charge in [-0.25, -0.2) is 4.98 Å². The summed E-state index contributed by atoms with van der Waals surface area (Å²) in [6.45, 7) is 8.46. The standard InChI is InChI=1S/C27H28F3N5O2/c1-4-37-25-10-19(9-24(33-25)27(28,29)30)22-11-20(5-6-31-22)34-12-18(13-34)8-26(36)35-14-21-16(2)7-17(3)32-23(21)15-35/h5-7,9-11,18H,4,8,12-15H2,1-3H3. The van der Waals surface area contributed by atoms with E-state index >= 15 is 0 Å². The number of aryl methyl sites for hydroxylation is 2. The lowest BCUT2D eigenvalue weighted by Crippen LogP contribution is -2.48. The molecule has 0 unspecified atom stereocenters. The van der Waals surface area contributed by atoms with Gasteiger partial charge in [0.15, 0.2) is 0 Å². The number of aromatic nitrogens is 3. The van der Waals surface area contributed by atoms with Gasteiger partial charge >= 0.3 is 6.18 Å². The Labute approximate surface area is 213 Å². The molecule has 0 radical (unpaired) electrons. The van der Waals surface area contributed by atoms with Gasteiger partial charge in [-0.3, -0.25) is 14.8 Å². The Morgan fingerprint density at radius 1 is 1.11 bits per heavy atom. The highest BCUT2D eigenvalue weighted by Gasteiger charge is 2.35. The lowest BCUT2D eigenvalue weighted by molar-refractivity contribution is -0.141. The highest BCUT2D eigenvalue weighted by atomic mass is 19.4. The number of pyridine rings is 3. The van der Waals surface area contributed by atoms with Gasteiger partial charge in [-0.15, -0.1) is 0 Å². The van der Waals surface area contributed by atoms with Crippen molar-refractivity contribution in [1.29, 1.82) is 0 Å². The van der Waals surface area contributed by atoms with Gasteiger partial charge in [0.1, 0.15) is 5.69 Å². The molecule has 10 heteroatoms. The first-order valence-electron chi connectivity index (χ1n) is 12.3. The predicted octanol–water partition coefficient (Wildman–Crippen LogP) is 4.94. The minimum Gasteiger partial charge on any atom is -0.478 e. The molecule has 0 spiro atoms. The van der Waals surface area contributed by atoms with Crippen molar-refractivity contribution in [1.82, 2.24) is 19.9 Å². The average molecular weight is 512 g/mol. The average Bonchev–Trinajstić information content (AvgIpc) is 3.25. The molecular weight excluding hydrogens is 483 g/mol. The molecule has 3 aromatic rings. The van der Waals surface area contributed by atoms with Crippen molar-refractivity contribution >= 4 is 11.6 Å². The second kappa shape index (κ2) is 9.64. The van der Waals surface area contributed by atoms with Crippen LogP contribution in [-0.4, -0.2) is 45.5 Å². The topological polar surface area (TPSA) is 71.5 Å². The Kier molecular flexibility index (Phi) is 6.51. The molecule has 5 heterocycles. The molecule has 194 valence electrons. The number of hydrogen-bond acceptors (Lipinski definition) is 6. The van der Waals surface area contributed by atoms with Gasteiger partial charge in [0.2, 0.25) is 11.8 Å². The fraction of sp³-hybridized carbons (Fsp3) is 0.407. The lowest BCUT2D eigenvalue weighted by Gasteiger charge is -2.41. The molecule has 0 atom stereocenters. The monoisotopic (exact) mass is 511 g/mol. The van der Waals surface area contributed by atoms with Gasteiger partial charge in [-0.2, -0.15) is 13.2 Å². The van der Waals surface area contributed by atoms with E-state index in [2.05, 4.69) is 26.8 Å². The molecule has 1 fully saturated rings. The molecule has 0 saturated carbocycles. The van der Waals surface area contributed by atoms with Crippen molar-refractivity contribution in [3.63, 3.8) is 0 Å². The van der Waals surface area contributed by atoms with Crippen LogP contribution in [0.2, 0.25) is 0 Å². The first-order chi connectivity index (χ1) is 17.6. The quantitative estimate of drug-likeness (QED) is 0.467. The minimum atomic E-state index is -4.60. The number of hydrogen-bond donors (Lipinski definition) is 0. The van der Waals surface area contributed by atoms with Crippen molar-refractivity contribution in [2.24, 2.45) is 5.92 Å². The predicted molar refractivity (Wildman–Crippen MR) is 132 cm³/mol. The maximum atomic E-state index is 13.4. The molecule has 0 N–H and O–H groups in total. The van der Waals surface area contributed by atoms with Gasteiger partial charge < -0.3 is 14.5 Å². The van der Waals surface area contributed by atoms with Crippen LogP contribution in [0.15, 0.2) is 36.5 Å². The molecule has 0 bridgehead atoms. The Balaban J connectivity index is 1.23. The number of alkyl halides is 3. The SMILES string of the molecule is CCOc1cc(-c2cc(N3CC(CC(=O)N4Cc5nc(C)cc(C)c5C4)C3)ccn2)cc(C(F)(F)F)n1. The molecule has 3 aromatic heterocycles. The van der Waals surface area contributed by atoms with Crippen LogP contribution in [0, 0.1) is 19.8 Å². The smallest absolute Gasteiger partial charge is 0.433 e. The van der Waals surface area contributed by atoms with Gasteiger partial charge in [-0.05, 0) is 56.2 Å². The Hall–Kier alpha value is -3.69. The van der Waals surface area contributed by atoms with Gasteiger partial charge in [0.25, 0.3) is 0 Å². The van der Waals surface area contributed by atoms with Crippen LogP contribution in [0.4, 0.5) is 18.9 Å². The molecule has 0 aromatic carbocycles. The third-order valence-electron chi connectivity index (χ3n) is 6.81. The Morgan fingerprint density at radius 2 is 1.89 bits per heavy atom. The fourth-order valence-electron chi connectivity index (χ4n) is 4.97. The number of fused-ring (bicyclic) bond motifs is 1. The van der Waals surface area contributed by atoms with E-state index in [0.717, 1.165) is 28.7 Å². The first kappa shape index (κ1) is 25.0. The van der Waals surface area contributed by atoms with E-state index in [1.165, 1.54) is 11.6 Å². The molecule has 2 aliphatic rings. The number of halogens is 3. The number of nitrogens with zero attached hydrogens (tertiary/aromatic N) is 5. The van der Waals surface area contributed by atoms with Gasteiger partial charge in [0.05, 0.1) is 24.5 Å². The molecule has 5 rings (SSSR count). The molecule has 0 aliphatic carbocycles. The molecule has 1 saturated heterocycles. The summed E-state index contributed by atoms with van der Waals surface area (Å²) >= 11 is 0. The van der Waals surface area contributed by atoms with E-state index in [-0.39, 0.29) is 29.9 Å². The number of carbonyl (C=O) groups is 1. The number of anilines is 1. The van der Waals surface area contributed by atoms with E-state index in [1.54, 1.807) is 19.2 Å². The molecule has 7 nitrogen and oxygen atoms in total. The summed E-state index contributed by atoms with van der Waals surface area (Å²) in [7, 11) is 0. The van der Waals surface area contributed by atoms with E-state index in [1.807, 2.05) is 24.0 Å².